The summed E-state index contributed by atoms with van der Waals surface area (Å²) >= 11 is 3.41. The van der Waals surface area contributed by atoms with Crippen molar-refractivity contribution in [3.63, 3.8) is 0 Å². The van der Waals surface area contributed by atoms with E-state index in [2.05, 4.69) is 15.9 Å². The van der Waals surface area contributed by atoms with Gasteiger partial charge < -0.3 is 10.0 Å². The first-order valence-corrected chi connectivity index (χ1v) is 9.28. The lowest BCUT2D eigenvalue weighted by Crippen LogP contribution is -2.33. The first-order chi connectivity index (χ1) is 12.4. The normalized spacial score (nSPS) is 19.4. The van der Waals surface area contributed by atoms with Gasteiger partial charge in [-0.2, -0.15) is 0 Å². The molecule has 0 radical (unpaired) electrons. The van der Waals surface area contributed by atoms with Gasteiger partial charge in [0.25, 0.3) is 11.7 Å². The van der Waals surface area contributed by atoms with E-state index in [9.17, 15) is 14.7 Å². The number of carbonyl (C=O) groups is 2. The largest absolute Gasteiger partial charge is 0.507 e. The molecule has 0 saturated carbocycles. The minimum absolute atomic E-state index is 0.136. The van der Waals surface area contributed by atoms with Crippen LogP contribution in [0.25, 0.3) is 5.76 Å². The van der Waals surface area contributed by atoms with E-state index in [-0.39, 0.29) is 17.3 Å². The molecule has 1 aliphatic rings. The molecule has 1 saturated heterocycles. The minimum Gasteiger partial charge on any atom is -0.507 e. The van der Waals surface area contributed by atoms with Gasteiger partial charge in [0.1, 0.15) is 5.76 Å². The number of ketones is 1. The third-order valence-corrected chi connectivity index (χ3v) is 4.86. The van der Waals surface area contributed by atoms with Gasteiger partial charge in [0.15, 0.2) is 0 Å². The molecule has 1 fully saturated rings. The maximum atomic E-state index is 12.7. The number of amides is 1. The van der Waals surface area contributed by atoms with Crippen LogP contribution in [0, 0.1) is 5.92 Å². The number of aliphatic hydroxyl groups excluding tert-OH is 1. The van der Waals surface area contributed by atoms with Gasteiger partial charge in [-0.3, -0.25) is 9.59 Å². The molecule has 1 amide bonds. The van der Waals surface area contributed by atoms with Crippen molar-refractivity contribution in [2.24, 2.45) is 5.92 Å². The van der Waals surface area contributed by atoms with Crippen molar-refractivity contribution in [2.45, 2.75) is 19.9 Å². The zero-order valence-corrected chi connectivity index (χ0v) is 16.2. The number of nitrogens with zero attached hydrogens (tertiary/aromatic N) is 1. The number of carbonyl (C=O) groups excluding carboxylic acids is 2. The molecule has 4 nitrogen and oxygen atoms in total. The Morgan fingerprint density at radius 2 is 1.69 bits per heavy atom. The summed E-state index contributed by atoms with van der Waals surface area (Å²) in [5.41, 5.74) is 1.46. The quantitative estimate of drug-likeness (QED) is 0.455. The van der Waals surface area contributed by atoms with E-state index in [4.69, 9.17) is 0 Å². The van der Waals surface area contributed by atoms with Gasteiger partial charge in [-0.1, -0.05) is 72.2 Å². The predicted octanol–water partition coefficient (Wildman–Crippen LogP) is 4.53. The number of rotatable bonds is 4. The molecule has 0 spiro atoms. The Morgan fingerprint density at radius 1 is 1.08 bits per heavy atom. The maximum absolute atomic E-state index is 12.7. The monoisotopic (exact) mass is 413 g/mol. The molecule has 1 N–H and O–H groups in total. The van der Waals surface area contributed by atoms with Crippen LogP contribution in [-0.2, 0) is 9.59 Å². The molecular formula is C21H20BrNO3. The number of benzene rings is 2. The number of hydrogen-bond acceptors (Lipinski definition) is 3. The maximum Gasteiger partial charge on any atom is 0.295 e. The van der Waals surface area contributed by atoms with Gasteiger partial charge in [-0.15, -0.1) is 0 Å². The Balaban J connectivity index is 2.18. The molecule has 2 aromatic carbocycles. The third kappa shape index (κ3) is 3.44. The third-order valence-electron chi connectivity index (χ3n) is 4.33. The highest BCUT2D eigenvalue weighted by molar-refractivity contribution is 9.10. The summed E-state index contributed by atoms with van der Waals surface area (Å²) in [6.45, 7) is 4.43. The molecule has 5 heteroatoms. The smallest absolute Gasteiger partial charge is 0.295 e. The topological polar surface area (TPSA) is 57.6 Å². The fourth-order valence-corrected chi connectivity index (χ4v) is 3.47. The highest BCUT2D eigenvalue weighted by Crippen LogP contribution is 2.39. The van der Waals surface area contributed by atoms with E-state index >= 15 is 0 Å². The van der Waals surface area contributed by atoms with E-state index in [1.807, 2.05) is 44.2 Å². The van der Waals surface area contributed by atoms with E-state index in [0.29, 0.717) is 12.1 Å². The summed E-state index contributed by atoms with van der Waals surface area (Å²) < 4.78 is 0.908. The molecule has 134 valence electrons. The van der Waals surface area contributed by atoms with Gasteiger partial charge in [0.2, 0.25) is 0 Å². The van der Waals surface area contributed by atoms with Crippen LogP contribution in [0.3, 0.4) is 0 Å². The van der Waals surface area contributed by atoms with Crippen LogP contribution in [-0.4, -0.2) is 28.2 Å². The number of likely N-dealkylation sites (tertiary alicyclic amines) is 1. The number of Topliss-reactive ketones (excluding diaryl/α,β-unsaturated/α-hetero) is 1. The summed E-state index contributed by atoms with van der Waals surface area (Å²) in [7, 11) is 0. The van der Waals surface area contributed by atoms with Gasteiger partial charge in [-0.05, 0) is 23.6 Å². The average Bonchev–Trinajstić information content (AvgIpc) is 2.87. The Morgan fingerprint density at radius 3 is 2.27 bits per heavy atom. The summed E-state index contributed by atoms with van der Waals surface area (Å²) in [6, 6.07) is 15.7. The van der Waals surface area contributed by atoms with Crippen LogP contribution in [0.5, 0.6) is 0 Å². The lowest BCUT2D eigenvalue weighted by Gasteiger charge is -2.26. The average molecular weight is 414 g/mol. The van der Waals surface area contributed by atoms with Crippen LogP contribution in [0.1, 0.15) is 31.0 Å². The van der Waals surface area contributed by atoms with Gasteiger partial charge in [0.05, 0.1) is 11.6 Å². The molecule has 3 rings (SSSR count). The van der Waals surface area contributed by atoms with Crippen molar-refractivity contribution in [1.82, 2.24) is 4.90 Å². The second-order valence-corrected chi connectivity index (χ2v) is 7.68. The highest BCUT2D eigenvalue weighted by atomic mass is 79.9. The van der Waals surface area contributed by atoms with Crippen LogP contribution in [0.4, 0.5) is 0 Å². The van der Waals surface area contributed by atoms with Crippen molar-refractivity contribution < 1.29 is 14.7 Å². The van der Waals surface area contributed by atoms with Crippen molar-refractivity contribution in [3.8, 4) is 0 Å². The van der Waals surface area contributed by atoms with Gasteiger partial charge >= 0.3 is 0 Å². The highest BCUT2D eigenvalue weighted by Gasteiger charge is 2.46. The van der Waals surface area contributed by atoms with Crippen molar-refractivity contribution in [1.29, 1.82) is 0 Å². The number of hydrogen-bond donors (Lipinski definition) is 1. The van der Waals surface area contributed by atoms with Crippen molar-refractivity contribution >= 4 is 33.4 Å². The number of aliphatic hydroxyl groups is 1. The molecule has 0 bridgehead atoms. The molecule has 1 aliphatic heterocycles. The summed E-state index contributed by atoms with van der Waals surface area (Å²) in [5.74, 6) is -1.14. The van der Waals surface area contributed by atoms with Crippen LogP contribution >= 0.6 is 15.9 Å². The second-order valence-electron chi connectivity index (χ2n) is 6.76. The standard InChI is InChI=1S/C21H20BrNO3/c1-13(2)12-23-18(14-8-10-16(22)11-9-14)17(20(25)21(23)26)19(24)15-6-4-3-5-7-15/h3-11,13,18,24H,12H2,1-2H3. The SMILES string of the molecule is CC(C)CN1C(=O)C(=O)C(=C(O)c2ccccc2)C1c1ccc(Br)cc1. The molecule has 1 unspecified atom stereocenters. The first-order valence-electron chi connectivity index (χ1n) is 8.49. The fourth-order valence-electron chi connectivity index (χ4n) is 3.20. The Labute approximate surface area is 161 Å². The lowest BCUT2D eigenvalue weighted by molar-refractivity contribution is -0.140. The zero-order valence-electron chi connectivity index (χ0n) is 14.6. The fraction of sp³-hybridized carbons (Fsp3) is 0.238. The summed E-state index contributed by atoms with van der Waals surface area (Å²) in [6.07, 6.45) is 0. The van der Waals surface area contributed by atoms with Gasteiger partial charge in [-0.25, -0.2) is 0 Å². The lowest BCUT2D eigenvalue weighted by atomic mass is 9.95. The zero-order chi connectivity index (χ0) is 18.8. The first kappa shape index (κ1) is 18.4. The molecular weight excluding hydrogens is 394 g/mol. The Bertz CT molecular complexity index is 857. The second kappa shape index (κ2) is 7.46. The van der Waals surface area contributed by atoms with Crippen molar-refractivity contribution in [2.75, 3.05) is 6.54 Å². The molecule has 2 aromatic rings. The molecule has 0 aliphatic carbocycles. The minimum atomic E-state index is -0.639. The van der Waals surface area contributed by atoms with Gasteiger partial charge in [0, 0.05) is 16.6 Å². The Hall–Kier alpha value is -2.40. The van der Waals surface area contributed by atoms with E-state index < -0.39 is 17.7 Å². The van der Waals surface area contributed by atoms with E-state index in [1.165, 1.54) is 0 Å². The summed E-state index contributed by atoms with van der Waals surface area (Å²) in [5, 5.41) is 10.8. The molecule has 1 heterocycles. The molecule has 1 atom stereocenters. The van der Waals surface area contributed by atoms with E-state index in [1.54, 1.807) is 29.2 Å². The van der Waals surface area contributed by atoms with Crippen molar-refractivity contribution in [3.05, 3.63) is 75.8 Å². The number of halogens is 1. The summed E-state index contributed by atoms with van der Waals surface area (Å²) in [4.78, 5) is 27.0. The predicted molar refractivity (Wildman–Crippen MR) is 104 cm³/mol. The van der Waals surface area contributed by atoms with E-state index in [0.717, 1.165) is 10.0 Å². The van der Waals surface area contributed by atoms with Crippen LogP contribution in [0.15, 0.2) is 64.6 Å². The molecule has 0 aromatic heterocycles. The Kier molecular flexibility index (Phi) is 5.28. The van der Waals surface area contributed by atoms with Crippen LogP contribution < -0.4 is 0 Å². The van der Waals surface area contributed by atoms with Crippen LogP contribution in [0.2, 0.25) is 0 Å². The molecule has 26 heavy (non-hydrogen) atoms.